The van der Waals surface area contributed by atoms with Crippen LogP contribution in [-0.4, -0.2) is 21.7 Å². The van der Waals surface area contributed by atoms with E-state index in [0.29, 0.717) is 5.56 Å². The molecule has 1 heterocycles. The Morgan fingerprint density at radius 2 is 1.86 bits per heavy atom. The van der Waals surface area contributed by atoms with E-state index in [1.807, 2.05) is 0 Å². The summed E-state index contributed by atoms with van der Waals surface area (Å²) in [7, 11) is 0. The highest BCUT2D eigenvalue weighted by Gasteiger charge is 2.52. The molecule has 2 aromatic carbocycles. The predicted molar refractivity (Wildman–Crippen MR) is 107 cm³/mol. The number of carbonyl (C=O) groups is 1. The van der Waals surface area contributed by atoms with Gasteiger partial charge in [-0.05, 0) is 55.0 Å². The summed E-state index contributed by atoms with van der Waals surface area (Å²) in [4.78, 5) is 14.0. The summed E-state index contributed by atoms with van der Waals surface area (Å²) in [5, 5.41) is 12.9. The van der Waals surface area contributed by atoms with Gasteiger partial charge in [-0.25, -0.2) is 0 Å². The number of aliphatic hydroxyl groups is 1. The van der Waals surface area contributed by atoms with E-state index in [1.54, 1.807) is 24.3 Å². The van der Waals surface area contributed by atoms with Gasteiger partial charge in [0.05, 0.1) is 16.3 Å². The van der Waals surface area contributed by atoms with Crippen LogP contribution >= 0.6 is 39.7 Å². The lowest BCUT2D eigenvalue weighted by molar-refractivity contribution is -0.137. The van der Waals surface area contributed by atoms with Gasteiger partial charge >= 0.3 is 6.18 Å². The number of hydrogen-bond donors (Lipinski definition) is 2. The van der Waals surface area contributed by atoms with Gasteiger partial charge in [-0.3, -0.25) is 9.69 Å². The van der Waals surface area contributed by atoms with E-state index in [9.17, 15) is 23.1 Å². The number of alkyl halides is 3. The molecule has 0 saturated carbocycles. The minimum atomic E-state index is -4.69. The fourth-order valence-electron chi connectivity index (χ4n) is 2.92. The van der Waals surface area contributed by atoms with Crippen molar-refractivity contribution in [2.75, 3.05) is 4.90 Å². The molecule has 0 aromatic heterocycles. The van der Waals surface area contributed by atoms with Gasteiger partial charge in [0.15, 0.2) is 5.11 Å². The minimum Gasteiger partial charge on any atom is -0.385 e. The van der Waals surface area contributed by atoms with E-state index in [0.717, 1.165) is 21.5 Å². The highest BCUT2D eigenvalue weighted by molar-refractivity contribution is 9.10. The number of carbonyl (C=O) groups excluding carboxylic acids is 1. The van der Waals surface area contributed by atoms with Crippen LogP contribution in [0, 0.1) is 0 Å². The van der Waals surface area contributed by atoms with Crippen molar-refractivity contribution >= 4 is 56.5 Å². The Balaban J connectivity index is 1.99. The Labute approximate surface area is 177 Å². The summed E-state index contributed by atoms with van der Waals surface area (Å²) in [5.41, 5.74) is -2.28. The molecule has 1 amide bonds. The zero-order chi connectivity index (χ0) is 20.9. The lowest BCUT2D eigenvalue weighted by Gasteiger charge is -2.28. The second-order valence-corrected chi connectivity index (χ2v) is 8.10. The van der Waals surface area contributed by atoms with Crippen LogP contribution in [0.4, 0.5) is 18.9 Å². The van der Waals surface area contributed by atoms with Crippen LogP contribution in [0.3, 0.4) is 0 Å². The summed E-state index contributed by atoms with van der Waals surface area (Å²) in [6.45, 7) is 1.44. The molecule has 3 rings (SSSR count). The van der Waals surface area contributed by atoms with Crippen LogP contribution in [0.1, 0.15) is 24.2 Å². The van der Waals surface area contributed by atoms with Crippen molar-refractivity contribution in [1.82, 2.24) is 5.32 Å². The monoisotopic (exact) mass is 492 g/mol. The van der Waals surface area contributed by atoms with Crippen LogP contribution in [-0.2, 0) is 11.0 Å². The molecule has 2 aromatic rings. The average Bonchev–Trinajstić information content (AvgIpc) is 2.85. The van der Waals surface area contributed by atoms with Crippen molar-refractivity contribution < 1.29 is 23.1 Å². The molecule has 2 N–H and O–H groups in total. The molecule has 1 fully saturated rings. The molecule has 0 unspecified atom stereocenters. The van der Waals surface area contributed by atoms with E-state index < -0.39 is 34.3 Å². The van der Waals surface area contributed by atoms with Crippen LogP contribution in [0.2, 0.25) is 5.02 Å². The Morgan fingerprint density at radius 3 is 2.43 bits per heavy atom. The molecule has 1 aliphatic rings. The highest BCUT2D eigenvalue weighted by Crippen LogP contribution is 2.39. The first-order valence-electron chi connectivity index (χ1n) is 7.92. The second-order valence-electron chi connectivity index (χ2n) is 6.39. The average molecular weight is 494 g/mol. The van der Waals surface area contributed by atoms with Crippen molar-refractivity contribution in [3.8, 4) is 0 Å². The zero-order valence-electron chi connectivity index (χ0n) is 14.2. The maximum absolute atomic E-state index is 13.2. The smallest absolute Gasteiger partial charge is 0.385 e. The molecule has 1 aliphatic heterocycles. The molecule has 2 atom stereocenters. The van der Waals surface area contributed by atoms with E-state index in [1.165, 1.54) is 13.0 Å². The number of halogens is 5. The van der Waals surface area contributed by atoms with Crippen LogP contribution in [0.25, 0.3) is 0 Å². The number of rotatable bonds is 3. The fourth-order valence-corrected chi connectivity index (χ4v) is 3.81. The van der Waals surface area contributed by atoms with Gasteiger partial charge < -0.3 is 10.4 Å². The van der Waals surface area contributed by atoms with Crippen molar-refractivity contribution in [3.63, 3.8) is 0 Å². The van der Waals surface area contributed by atoms with Gasteiger partial charge in [0.25, 0.3) is 5.91 Å². The first-order chi connectivity index (χ1) is 12.9. The highest BCUT2D eigenvalue weighted by atomic mass is 79.9. The number of nitrogens with zero attached hydrogens (tertiary/aromatic N) is 1. The van der Waals surface area contributed by atoms with Crippen molar-refractivity contribution in [3.05, 3.63) is 63.1 Å². The first kappa shape index (κ1) is 21.0. The van der Waals surface area contributed by atoms with Crippen LogP contribution in [0.15, 0.2) is 46.9 Å². The third-order valence-corrected chi connectivity index (χ3v) is 5.61. The fraction of sp³-hybridized carbons (Fsp3) is 0.222. The predicted octanol–water partition coefficient (Wildman–Crippen LogP) is 4.83. The van der Waals surface area contributed by atoms with E-state index >= 15 is 0 Å². The zero-order valence-corrected chi connectivity index (χ0v) is 17.4. The SMILES string of the molecule is C[C@]1([C@@H](O)c2ccc(Br)cc2)NC(=S)N(c2ccc(Cl)c(C(F)(F)F)c2)C1=O. The molecular formula is C18H13BrClF3N2O2S. The number of amides is 1. The number of aliphatic hydroxyl groups excluding tert-OH is 1. The molecule has 4 nitrogen and oxygen atoms in total. The number of nitrogens with one attached hydrogen (secondary N) is 1. The quantitative estimate of drug-likeness (QED) is 0.601. The van der Waals surface area contributed by atoms with Gasteiger partial charge in [0, 0.05) is 4.47 Å². The topological polar surface area (TPSA) is 52.6 Å². The third kappa shape index (κ3) is 3.63. The Bertz CT molecular complexity index is 955. The largest absolute Gasteiger partial charge is 0.417 e. The Kier molecular flexibility index (Phi) is 5.48. The van der Waals surface area contributed by atoms with Gasteiger partial charge in [-0.2, -0.15) is 13.2 Å². The van der Waals surface area contributed by atoms with Gasteiger partial charge in [-0.1, -0.05) is 39.7 Å². The molecule has 0 spiro atoms. The maximum atomic E-state index is 13.2. The van der Waals surface area contributed by atoms with Crippen molar-refractivity contribution in [2.45, 2.75) is 24.7 Å². The maximum Gasteiger partial charge on any atom is 0.417 e. The van der Waals surface area contributed by atoms with Gasteiger partial charge in [0.1, 0.15) is 11.6 Å². The molecule has 0 radical (unpaired) electrons. The molecular weight excluding hydrogens is 481 g/mol. The van der Waals surface area contributed by atoms with Crippen molar-refractivity contribution in [2.24, 2.45) is 0 Å². The number of thiocarbonyl (C=S) groups is 1. The molecule has 10 heteroatoms. The van der Waals surface area contributed by atoms with E-state index in [4.69, 9.17) is 23.8 Å². The van der Waals surface area contributed by atoms with E-state index in [2.05, 4.69) is 21.2 Å². The standard InChI is InChI=1S/C18H13BrClF3N2O2S/c1-17(14(26)9-2-4-10(19)5-3-9)15(27)25(16(28)24-17)11-6-7-13(20)12(8-11)18(21,22)23/h2-8,14,26H,1H3,(H,24,28)/t14-,17+/m0/s1. The lowest BCUT2D eigenvalue weighted by Crippen LogP contribution is -2.49. The number of benzene rings is 2. The molecule has 1 saturated heterocycles. The Hall–Kier alpha value is -1.68. The van der Waals surface area contributed by atoms with Gasteiger partial charge in [0.2, 0.25) is 0 Å². The summed E-state index contributed by atoms with van der Waals surface area (Å²) in [5.74, 6) is -0.677. The summed E-state index contributed by atoms with van der Waals surface area (Å²) >= 11 is 14.1. The summed E-state index contributed by atoms with van der Waals surface area (Å²) < 4.78 is 40.3. The second kappa shape index (κ2) is 7.29. The van der Waals surface area contributed by atoms with E-state index in [-0.39, 0.29) is 10.8 Å². The third-order valence-electron chi connectivity index (χ3n) is 4.46. The summed E-state index contributed by atoms with van der Waals surface area (Å²) in [6.07, 6.45) is -5.98. The van der Waals surface area contributed by atoms with Crippen LogP contribution < -0.4 is 10.2 Å². The number of hydrogen-bond acceptors (Lipinski definition) is 3. The first-order valence-corrected chi connectivity index (χ1v) is 9.50. The van der Waals surface area contributed by atoms with Gasteiger partial charge in [-0.15, -0.1) is 0 Å². The molecule has 148 valence electrons. The molecule has 0 bridgehead atoms. The normalized spacial score (nSPS) is 21.0. The number of anilines is 1. The molecule has 28 heavy (non-hydrogen) atoms. The summed E-state index contributed by atoms with van der Waals surface area (Å²) in [6, 6.07) is 9.73. The van der Waals surface area contributed by atoms with Crippen LogP contribution in [0.5, 0.6) is 0 Å². The lowest BCUT2D eigenvalue weighted by atomic mass is 9.89. The Morgan fingerprint density at radius 1 is 1.25 bits per heavy atom. The molecule has 0 aliphatic carbocycles. The minimum absolute atomic E-state index is 0.0917. The van der Waals surface area contributed by atoms with Crippen molar-refractivity contribution in [1.29, 1.82) is 0 Å².